The van der Waals surface area contributed by atoms with Gasteiger partial charge in [-0.25, -0.2) is 14.8 Å². The number of rotatable bonds is 4. The molecule has 0 saturated heterocycles. The van der Waals surface area contributed by atoms with Gasteiger partial charge >= 0.3 is 5.97 Å². The predicted molar refractivity (Wildman–Crippen MR) is 80.0 cm³/mol. The highest BCUT2D eigenvalue weighted by Crippen LogP contribution is 2.13. The van der Waals surface area contributed by atoms with Crippen LogP contribution in [-0.4, -0.2) is 22.5 Å². The molecule has 0 spiro atoms. The van der Waals surface area contributed by atoms with Crippen LogP contribution < -0.4 is 0 Å². The molecule has 0 amide bonds. The van der Waals surface area contributed by atoms with Gasteiger partial charge in [0, 0.05) is 18.0 Å². The van der Waals surface area contributed by atoms with E-state index in [-0.39, 0.29) is 5.97 Å². The number of esters is 1. The summed E-state index contributed by atoms with van der Waals surface area (Å²) < 4.78 is 5.30. The number of hydrogen-bond acceptors (Lipinski definition) is 4. The third-order valence-corrected chi connectivity index (χ3v) is 3.21. The summed E-state index contributed by atoms with van der Waals surface area (Å²) in [5.74, 6) is -0.327. The lowest BCUT2D eigenvalue weighted by Gasteiger charge is -2.05. The Balaban J connectivity index is 1.64. The normalized spacial score (nSPS) is 10.5. The Hall–Kier alpha value is -2.75. The lowest BCUT2D eigenvalue weighted by Crippen LogP contribution is -2.08. The summed E-state index contributed by atoms with van der Waals surface area (Å²) in [6, 6.07) is 15.2. The van der Waals surface area contributed by atoms with Gasteiger partial charge in [-0.3, -0.25) is 0 Å². The molecule has 0 aliphatic carbocycles. The minimum absolute atomic E-state index is 0.327. The van der Waals surface area contributed by atoms with Crippen molar-refractivity contribution in [3.8, 4) is 0 Å². The first kappa shape index (κ1) is 13.2. The average molecular weight is 278 g/mol. The van der Waals surface area contributed by atoms with E-state index in [9.17, 15) is 4.79 Å². The SMILES string of the molecule is O=C(OCCc1ccccc1)c1ccc2cncnc2c1. The molecule has 3 aromatic rings. The molecule has 0 atom stereocenters. The second kappa shape index (κ2) is 6.13. The molecule has 2 aromatic carbocycles. The van der Waals surface area contributed by atoms with Crippen LogP contribution in [0.25, 0.3) is 10.9 Å². The molecule has 3 rings (SSSR count). The minimum atomic E-state index is -0.327. The van der Waals surface area contributed by atoms with Crippen molar-refractivity contribution >= 4 is 16.9 Å². The lowest BCUT2D eigenvalue weighted by molar-refractivity contribution is 0.0509. The molecule has 0 N–H and O–H groups in total. The average Bonchev–Trinajstić information content (AvgIpc) is 2.55. The van der Waals surface area contributed by atoms with E-state index in [0.717, 1.165) is 16.5 Å². The summed E-state index contributed by atoms with van der Waals surface area (Å²) in [4.78, 5) is 20.1. The Kier molecular flexibility index (Phi) is 3.87. The third kappa shape index (κ3) is 3.23. The Morgan fingerprint density at radius 2 is 1.95 bits per heavy atom. The van der Waals surface area contributed by atoms with E-state index in [4.69, 9.17) is 4.74 Å². The van der Waals surface area contributed by atoms with Crippen molar-refractivity contribution in [2.24, 2.45) is 0 Å². The molecule has 0 aliphatic rings. The maximum absolute atomic E-state index is 12.0. The molecule has 0 saturated carbocycles. The second-order valence-electron chi connectivity index (χ2n) is 4.67. The van der Waals surface area contributed by atoms with E-state index in [1.807, 2.05) is 36.4 Å². The molecule has 1 aromatic heterocycles. The van der Waals surface area contributed by atoms with Gasteiger partial charge in [0.15, 0.2) is 0 Å². The largest absolute Gasteiger partial charge is 0.462 e. The van der Waals surface area contributed by atoms with Crippen molar-refractivity contribution < 1.29 is 9.53 Å². The summed E-state index contributed by atoms with van der Waals surface area (Å²) in [5, 5.41) is 0.901. The van der Waals surface area contributed by atoms with Gasteiger partial charge in [0.2, 0.25) is 0 Å². The van der Waals surface area contributed by atoms with Gasteiger partial charge < -0.3 is 4.74 Å². The van der Waals surface area contributed by atoms with Gasteiger partial charge in [0.05, 0.1) is 17.7 Å². The monoisotopic (exact) mass is 278 g/mol. The first-order valence-electron chi connectivity index (χ1n) is 6.74. The highest BCUT2D eigenvalue weighted by Gasteiger charge is 2.08. The van der Waals surface area contributed by atoms with Crippen LogP contribution in [0, 0.1) is 0 Å². The fourth-order valence-corrected chi connectivity index (χ4v) is 2.09. The molecule has 0 bridgehead atoms. The fraction of sp³-hybridized carbons (Fsp3) is 0.118. The third-order valence-electron chi connectivity index (χ3n) is 3.21. The van der Waals surface area contributed by atoms with Crippen LogP contribution >= 0.6 is 0 Å². The van der Waals surface area contributed by atoms with Crippen LogP contribution in [-0.2, 0) is 11.2 Å². The number of carbonyl (C=O) groups is 1. The van der Waals surface area contributed by atoms with Gasteiger partial charge in [-0.15, -0.1) is 0 Å². The highest BCUT2D eigenvalue weighted by molar-refractivity contribution is 5.94. The molecule has 1 heterocycles. The Morgan fingerprint density at radius 1 is 1.10 bits per heavy atom. The van der Waals surface area contributed by atoms with Crippen LogP contribution in [0.3, 0.4) is 0 Å². The zero-order chi connectivity index (χ0) is 14.5. The lowest BCUT2D eigenvalue weighted by atomic mass is 10.1. The summed E-state index contributed by atoms with van der Waals surface area (Å²) in [7, 11) is 0. The maximum atomic E-state index is 12.0. The van der Waals surface area contributed by atoms with E-state index in [1.54, 1.807) is 18.3 Å². The smallest absolute Gasteiger partial charge is 0.338 e. The molecular formula is C17H14N2O2. The zero-order valence-corrected chi connectivity index (χ0v) is 11.4. The molecule has 0 fully saturated rings. The number of aromatic nitrogens is 2. The Bertz CT molecular complexity index is 757. The van der Waals surface area contributed by atoms with Crippen molar-refractivity contribution in [2.45, 2.75) is 6.42 Å². The summed E-state index contributed by atoms with van der Waals surface area (Å²) in [6.45, 7) is 0.366. The van der Waals surface area contributed by atoms with Crippen LogP contribution in [0.15, 0.2) is 61.1 Å². The number of ether oxygens (including phenoxy) is 1. The predicted octanol–water partition coefficient (Wildman–Crippen LogP) is 3.03. The van der Waals surface area contributed by atoms with Crippen LogP contribution in [0.1, 0.15) is 15.9 Å². The number of carbonyl (C=O) groups excluding carboxylic acids is 1. The summed E-state index contributed by atoms with van der Waals surface area (Å²) >= 11 is 0. The van der Waals surface area contributed by atoms with Crippen molar-refractivity contribution in [1.82, 2.24) is 9.97 Å². The van der Waals surface area contributed by atoms with E-state index < -0.39 is 0 Å². The zero-order valence-electron chi connectivity index (χ0n) is 11.4. The van der Waals surface area contributed by atoms with Crippen molar-refractivity contribution in [2.75, 3.05) is 6.61 Å². The maximum Gasteiger partial charge on any atom is 0.338 e. The quantitative estimate of drug-likeness (QED) is 0.688. The van der Waals surface area contributed by atoms with Gasteiger partial charge in [0.25, 0.3) is 0 Å². The Morgan fingerprint density at radius 3 is 2.81 bits per heavy atom. The van der Waals surface area contributed by atoms with Crippen LogP contribution in [0.2, 0.25) is 0 Å². The standard InChI is InChI=1S/C17H14N2O2/c20-17(21-9-8-13-4-2-1-3-5-13)14-6-7-15-11-18-12-19-16(15)10-14/h1-7,10-12H,8-9H2. The van der Waals surface area contributed by atoms with E-state index >= 15 is 0 Å². The number of hydrogen-bond donors (Lipinski definition) is 0. The topological polar surface area (TPSA) is 52.1 Å². The van der Waals surface area contributed by atoms with Crippen LogP contribution in [0.5, 0.6) is 0 Å². The first-order chi connectivity index (χ1) is 10.3. The van der Waals surface area contributed by atoms with Crippen molar-refractivity contribution in [1.29, 1.82) is 0 Å². The van der Waals surface area contributed by atoms with Crippen molar-refractivity contribution in [3.63, 3.8) is 0 Å². The van der Waals surface area contributed by atoms with Gasteiger partial charge in [-0.05, 0) is 17.7 Å². The van der Waals surface area contributed by atoms with Crippen LogP contribution in [0.4, 0.5) is 0 Å². The highest BCUT2D eigenvalue weighted by atomic mass is 16.5. The molecule has 0 unspecified atom stereocenters. The molecule has 0 aliphatic heterocycles. The summed E-state index contributed by atoms with van der Waals surface area (Å²) in [6.07, 6.45) is 3.89. The molecule has 104 valence electrons. The van der Waals surface area contributed by atoms with Gasteiger partial charge in [0.1, 0.15) is 6.33 Å². The van der Waals surface area contributed by atoms with Gasteiger partial charge in [-0.2, -0.15) is 0 Å². The Labute approximate surface area is 122 Å². The van der Waals surface area contributed by atoms with Crippen molar-refractivity contribution in [3.05, 3.63) is 72.2 Å². The van der Waals surface area contributed by atoms with Gasteiger partial charge in [-0.1, -0.05) is 36.4 Å². The van der Waals surface area contributed by atoms with E-state index in [2.05, 4.69) is 9.97 Å². The molecule has 4 heteroatoms. The minimum Gasteiger partial charge on any atom is -0.462 e. The molecular weight excluding hydrogens is 264 g/mol. The number of benzene rings is 2. The van der Waals surface area contributed by atoms with E-state index in [0.29, 0.717) is 18.6 Å². The first-order valence-corrected chi connectivity index (χ1v) is 6.74. The fourth-order valence-electron chi connectivity index (χ4n) is 2.09. The number of fused-ring (bicyclic) bond motifs is 1. The number of nitrogens with zero attached hydrogens (tertiary/aromatic N) is 2. The molecule has 21 heavy (non-hydrogen) atoms. The molecule has 0 radical (unpaired) electrons. The second-order valence-corrected chi connectivity index (χ2v) is 4.67. The molecule has 4 nitrogen and oxygen atoms in total. The summed E-state index contributed by atoms with van der Waals surface area (Å²) in [5.41, 5.74) is 2.40. The van der Waals surface area contributed by atoms with E-state index in [1.165, 1.54) is 6.33 Å².